The van der Waals surface area contributed by atoms with Gasteiger partial charge < -0.3 is 0 Å². The van der Waals surface area contributed by atoms with Crippen LogP contribution in [-0.2, 0) is 7.05 Å². The highest BCUT2D eigenvalue weighted by molar-refractivity contribution is 5.98. The van der Waals surface area contributed by atoms with Gasteiger partial charge in [0.2, 0.25) is 0 Å². The second-order valence-corrected chi connectivity index (χ2v) is 3.60. The Morgan fingerprint density at radius 3 is 2.80 bits per heavy atom. The number of carbonyl (C=O) groups is 1. The molecule has 0 aliphatic rings. The molecule has 0 fully saturated rings. The van der Waals surface area contributed by atoms with E-state index in [1.807, 2.05) is 19.9 Å². The predicted octanol–water partition coefficient (Wildman–Crippen LogP) is 1.85. The van der Waals surface area contributed by atoms with Crippen molar-refractivity contribution >= 4 is 5.78 Å². The van der Waals surface area contributed by atoms with Gasteiger partial charge in [-0.25, -0.2) is 0 Å². The zero-order valence-electron chi connectivity index (χ0n) is 9.32. The van der Waals surface area contributed by atoms with Gasteiger partial charge in [0.15, 0.2) is 5.78 Å². The van der Waals surface area contributed by atoms with E-state index in [9.17, 15) is 4.79 Å². The van der Waals surface area contributed by atoms with Crippen molar-refractivity contribution < 1.29 is 4.79 Å². The molecular weight excluding hydrogens is 190 g/mol. The average Bonchev–Trinajstić information content (AvgIpc) is 2.55. The van der Waals surface area contributed by atoms with Gasteiger partial charge in [-0.3, -0.25) is 9.48 Å². The number of ketones is 1. The number of aryl methyl sites for hydroxylation is 1. The summed E-state index contributed by atoms with van der Waals surface area (Å²) < 4.78 is 1.67. The lowest BCUT2D eigenvalue weighted by atomic mass is 9.93. The second kappa shape index (κ2) is 4.74. The lowest BCUT2D eigenvalue weighted by Crippen LogP contribution is -2.14. The average molecular weight is 205 g/mol. The van der Waals surface area contributed by atoms with E-state index in [2.05, 4.69) is 5.10 Å². The van der Waals surface area contributed by atoms with Crippen molar-refractivity contribution in [1.29, 1.82) is 5.26 Å². The van der Waals surface area contributed by atoms with Crippen molar-refractivity contribution in [2.24, 2.45) is 13.0 Å². The van der Waals surface area contributed by atoms with Crippen LogP contribution in [0.3, 0.4) is 0 Å². The van der Waals surface area contributed by atoms with Gasteiger partial charge in [0.1, 0.15) is 0 Å². The SMILES string of the molecule is CCC(CC#N)C(=O)c1cnn(C)c1C. The van der Waals surface area contributed by atoms with Crippen molar-refractivity contribution in [1.82, 2.24) is 9.78 Å². The van der Waals surface area contributed by atoms with Gasteiger partial charge >= 0.3 is 0 Å². The van der Waals surface area contributed by atoms with Crippen LogP contribution >= 0.6 is 0 Å². The Bertz CT molecular complexity index is 400. The lowest BCUT2D eigenvalue weighted by Gasteiger charge is -2.08. The molecule has 0 N–H and O–H groups in total. The molecule has 4 nitrogen and oxygen atoms in total. The number of carbonyl (C=O) groups excluding carboxylic acids is 1. The minimum absolute atomic E-state index is 0.0321. The molecule has 0 aliphatic heterocycles. The first-order valence-electron chi connectivity index (χ1n) is 5.01. The summed E-state index contributed by atoms with van der Waals surface area (Å²) in [4.78, 5) is 12.0. The minimum atomic E-state index is -0.196. The number of nitrogens with zero attached hydrogens (tertiary/aromatic N) is 3. The van der Waals surface area contributed by atoms with Crippen LogP contribution in [0.5, 0.6) is 0 Å². The van der Waals surface area contributed by atoms with Crippen molar-refractivity contribution in [3.8, 4) is 6.07 Å². The summed E-state index contributed by atoms with van der Waals surface area (Å²) in [6.45, 7) is 3.78. The summed E-state index contributed by atoms with van der Waals surface area (Å²) in [5, 5.41) is 12.6. The Morgan fingerprint density at radius 1 is 1.73 bits per heavy atom. The van der Waals surface area contributed by atoms with Gasteiger partial charge in [-0.05, 0) is 13.3 Å². The summed E-state index contributed by atoms with van der Waals surface area (Å²) in [5.41, 5.74) is 1.50. The number of nitriles is 1. The standard InChI is InChI=1S/C11H15N3O/c1-4-9(5-6-12)11(15)10-7-13-14(3)8(10)2/h7,9H,4-5H2,1-3H3. The highest BCUT2D eigenvalue weighted by atomic mass is 16.1. The van der Waals surface area contributed by atoms with Crippen LogP contribution in [-0.4, -0.2) is 15.6 Å². The fourth-order valence-electron chi connectivity index (χ4n) is 1.49. The smallest absolute Gasteiger partial charge is 0.170 e. The number of rotatable bonds is 4. The van der Waals surface area contributed by atoms with Gasteiger partial charge in [-0.2, -0.15) is 10.4 Å². The van der Waals surface area contributed by atoms with E-state index < -0.39 is 0 Å². The van der Waals surface area contributed by atoms with Crippen LogP contribution in [0.1, 0.15) is 35.8 Å². The fourth-order valence-corrected chi connectivity index (χ4v) is 1.49. The molecular formula is C11H15N3O. The summed E-state index contributed by atoms with van der Waals surface area (Å²) in [7, 11) is 1.80. The first-order chi connectivity index (χ1) is 7.11. The maximum Gasteiger partial charge on any atom is 0.170 e. The van der Waals surface area contributed by atoms with Gasteiger partial charge in [-0.15, -0.1) is 0 Å². The quantitative estimate of drug-likeness (QED) is 0.705. The molecule has 0 amide bonds. The molecule has 15 heavy (non-hydrogen) atoms. The summed E-state index contributed by atoms with van der Waals surface area (Å²) >= 11 is 0. The summed E-state index contributed by atoms with van der Waals surface area (Å²) in [6.07, 6.45) is 2.56. The molecule has 4 heteroatoms. The van der Waals surface area contributed by atoms with E-state index in [0.29, 0.717) is 12.0 Å². The zero-order valence-corrected chi connectivity index (χ0v) is 9.32. The van der Waals surface area contributed by atoms with Crippen LogP contribution in [0.4, 0.5) is 0 Å². The van der Waals surface area contributed by atoms with E-state index in [0.717, 1.165) is 5.69 Å². The number of aromatic nitrogens is 2. The first kappa shape index (κ1) is 11.4. The van der Waals surface area contributed by atoms with Crippen LogP contribution in [0.25, 0.3) is 0 Å². The molecule has 0 radical (unpaired) electrons. The number of Topliss-reactive ketones (excluding diaryl/α,β-unsaturated/α-hetero) is 1. The van der Waals surface area contributed by atoms with E-state index in [1.165, 1.54) is 0 Å². The molecule has 1 atom stereocenters. The van der Waals surface area contributed by atoms with Crippen LogP contribution in [0.2, 0.25) is 0 Å². The van der Waals surface area contributed by atoms with Gasteiger partial charge in [0, 0.05) is 25.1 Å². The maximum atomic E-state index is 12.0. The molecule has 1 aromatic rings. The van der Waals surface area contributed by atoms with Gasteiger partial charge in [0.25, 0.3) is 0 Å². The molecule has 1 aromatic heterocycles. The first-order valence-corrected chi connectivity index (χ1v) is 5.01. The monoisotopic (exact) mass is 205 g/mol. The molecule has 0 aromatic carbocycles. The molecule has 1 rings (SSSR count). The van der Waals surface area contributed by atoms with Crippen molar-refractivity contribution in [2.45, 2.75) is 26.7 Å². The largest absolute Gasteiger partial charge is 0.294 e. The highest BCUT2D eigenvalue weighted by Crippen LogP contribution is 2.17. The van der Waals surface area contributed by atoms with Gasteiger partial charge in [0.05, 0.1) is 17.8 Å². The maximum absolute atomic E-state index is 12.0. The number of hydrogen-bond acceptors (Lipinski definition) is 3. The number of hydrogen-bond donors (Lipinski definition) is 0. The molecule has 0 bridgehead atoms. The normalized spacial score (nSPS) is 12.1. The highest BCUT2D eigenvalue weighted by Gasteiger charge is 2.21. The molecule has 1 heterocycles. The van der Waals surface area contributed by atoms with E-state index in [4.69, 9.17) is 5.26 Å². The molecule has 1 unspecified atom stereocenters. The topological polar surface area (TPSA) is 58.7 Å². The van der Waals surface area contributed by atoms with Crippen LogP contribution in [0.15, 0.2) is 6.20 Å². The minimum Gasteiger partial charge on any atom is -0.294 e. The molecule has 0 saturated carbocycles. The third-order valence-electron chi connectivity index (χ3n) is 2.70. The Kier molecular flexibility index (Phi) is 3.62. The zero-order chi connectivity index (χ0) is 11.4. The molecule has 0 spiro atoms. The summed E-state index contributed by atoms with van der Waals surface area (Å²) in [5.74, 6) is -0.164. The van der Waals surface area contributed by atoms with Crippen molar-refractivity contribution in [3.63, 3.8) is 0 Å². The van der Waals surface area contributed by atoms with Crippen LogP contribution in [0, 0.1) is 24.2 Å². The molecule has 80 valence electrons. The lowest BCUT2D eigenvalue weighted by molar-refractivity contribution is 0.0918. The van der Waals surface area contributed by atoms with E-state index in [1.54, 1.807) is 17.9 Å². The van der Waals surface area contributed by atoms with Gasteiger partial charge in [-0.1, -0.05) is 6.92 Å². The Labute approximate surface area is 89.5 Å². The third-order valence-corrected chi connectivity index (χ3v) is 2.70. The van der Waals surface area contributed by atoms with E-state index >= 15 is 0 Å². The third kappa shape index (κ3) is 2.24. The fraction of sp³-hybridized carbons (Fsp3) is 0.545. The molecule has 0 saturated heterocycles. The Morgan fingerprint density at radius 2 is 2.40 bits per heavy atom. The van der Waals surface area contributed by atoms with Crippen molar-refractivity contribution in [2.75, 3.05) is 0 Å². The second-order valence-electron chi connectivity index (χ2n) is 3.60. The van der Waals surface area contributed by atoms with Crippen molar-refractivity contribution in [3.05, 3.63) is 17.5 Å². The van der Waals surface area contributed by atoms with E-state index in [-0.39, 0.29) is 18.1 Å². The predicted molar refractivity (Wildman–Crippen MR) is 56.3 cm³/mol. The Balaban J connectivity index is 2.93. The summed E-state index contributed by atoms with van der Waals surface area (Å²) in [6, 6.07) is 2.05. The van der Waals surface area contributed by atoms with Crippen LogP contribution < -0.4 is 0 Å². The Hall–Kier alpha value is -1.63. The molecule has 0 aliphatic carbocycles.